The highest BCUT2D eigenvalue weighted by atomic mass is 19.1. The molecule has 0 saturated carbocycles. The van der Waals surface area contributed by atoms with Gasteiger partial charge in [0.25, 0.3) is 5.89 Å². The lowest BCUT2D eigenvalue weighted by Gasteiger charge is -2.11. The minimum atomic E-state index is -0.706. The van der Waals surface area contributed by atoms with Crippen molar-refractivity contribution in [2.75, 3.05) is 0 Å². The average molecular weight is 276 g/mol. The molecule has 20 heavy (non-hydrogen) atoms. The van der Waals surface area contributed by atoms with Crippen LogP contribution in [0.2, 0.25) is 0 Å². The highest BCUT2D eigenvalue weighted by Gasteiger charge is 2.21. The molecule has 1 aromatic carbocycles. The van der Waals surface area contributed by atoms with Gasteiger partial charge < -0.3 is 15.0 Å². The van der Waals surface area contributed by atoms with Gasteiger partial charge in [0.1, 0.15) is 17.6 Å². The van der Waals surface area contributed by atoms with Gasteiger partial charge in [0, 0.05) is 6.07 Å². The van der Waals surface area contributed by atoms with E-state index in [0.717, 1.165) is 6.07 Å². The van der Waals surface area contributed by atoms with Gasteiger partial charge in [-0.1, -0.05) is 5.16 Å². The van der Waals surface area contributed by atoms with Crippen LogP contribution in [0.25, 0.3) is 0 Å². The zero-order valence-electron chi connectivity index (χ0n) is 11.1. The second kappa shape index (κ2) is 5.27. The molecular weight excluding hydrogens is 263 g/mol. The number of halogens is 1. The van der Waals surface area contributed by atoms with Crippen molar-refractivity contribution in [3.8, 4) is 11.8 Å². The molecule has 0 radical (unpaired) electrons. The molecule has 0 fully saturated rings. The number of aromatic nitrogens is 2. The molecule has 0 aliphatic heterocycles. The van der Waals surface area contributed by atoms with Crippen LogP contribution in [0.5, 0.6) is 5.75 Å². The highest BCUT2D eigenvalue weighted by Crippen LogP contribution is 2.18. The van der Waals surface area contributed by atoms with Gasteiger partial charge in [0.15, 0.2) is 12.4 Å². The first-order chi connectivity index (χ1) is 9.40. The number of ether oxygens (including phenoxy) is 1. The molecule has 104 valence electrons. The Morgan fingerprint density at radius 2 is 2.25 bits per heavy atom. The van der Waals surface area contributed by atoms with E-state index in [0.29, 0.717) is 5.82 Å². The van der Waals surface area contributed by atoms with Gasteiger partial charge in [0.05, 0.1) is 11.1 Å². The third-order valence-electron chi connectivity index (χ3n) is 2.47. The Balaban J connectivity index is 2.04. The van der Waals surface area contributed by atoms with Crippen molar-refractivity contribution in [1.29, 1.82) is 5.26 Å². The molecule has 1 aromatic heterocycles. The second-order valence-electron chi connectivity index (χ2n) is 4.78. The summed E-state index contributed by atoms with van der Waals surface area (Å²) in [7, 11) is 0. The lowest BCUT2D eigenvalue weighted by Crippen LogP contribution is -2.30. The molecule has 0 saturated heterocycles. The first-order valence-corrected chi connectivity index (χ1v) is 5.84. The fraction of sp³-hybridized carbons (Fsp3) is 0.308. The zero-order chi connectivity index (χ0) is 14.8. The van der Waals surface area contributed by atoms with E-state index in [4.69, 9.17) is 20.3 Å². The Morgan fingerprint density at radius 3 is 2.80 bits per heavy atom. The van der Waals surface area contributed by atoms with E-state index in [1.165, 1.54) is 12.1 Å². The number of hydrogen-bond donors (Lipinski definition) is 1. The standard InChI is InChI=1S/C13H13FN4O2/c1-13(2,16)12-17-11(20-18-12)7-19-9-4-3-8(6-15)10(14)5-9/h3-5H,7,16H2,1-2H3. The number of rotatable bonds is 4. The zero-order valence-corrected chi connectivity index (χ0v) is 11.1. The predicted octanol–water partition coefficient (Wildman–Crippen LogP) is 1.85. The van der Waals surface area contributed by atoms with Gasteiger partial charge in [-0.3, -0.25) is 0 Å². The quantitative estimate of drug-likeness (QED) is 0.915. The molecule has 2 N–H and O–H groups in total. The number of benzene rings is 1. The molecule has 2 aromatic rings. The molecule has 0 spiro atoms. The Hall–Kier alpha value is -2.46. The fourth-order valence-corrected chi connectivity index (χ4v) is 1.40. The van der Waals surface area contributed by atoms with Crippen LogP contribution in [0.4, 0.5) is 4.39 Å². The lowest BCUT2D eigenvalue weighted by atomic mass is 10.1. The van der Waals surface area contributed by atoms with Crippen LogP contribution in [-0.2, 0) is 12.1 Å². The van der Waals surface area contributed by atoms with Crippen molar-refractivity contribution >= 4 is 0 Å². The Morgan fingerprint density at radius 1 is 1.50 bits per heavy atom. The van der Waals surface area contributed by atoms with E-state index >= 15 is 0 Å². The van der Waals surface area contributed by atoms with Crippen LogP contribution in [0, 0.1) is 17.1 Å². The summed E-state index contributed by atoms with van der Waals surface area (Å²) in [4.78, 5) is 4.08. The molecule has 0 bridgehead atoms. The Labute approximate surface area is 115 Å². The molecule has 0 unspecified atom stereocenters. The third kappa shape index (κ3) is 3.10. The van der Waals surface area contributed by atoms with Crippen molar-refractivity contribution < 1.29 is 13.7 Å². The second-order valence-corrected chi connectivity index (χ2v) is 4.78. The largest absolute Gasteiger partial charge is 0.484 e. The summed E-state index contributed by atoms with van der Waals surface area (Å²) in [6.45, 7) is 3.49. The smallest absolute Gasteiger partial charge is 0.264 e. The Bertz CT molecular complexity index is 655. The minimum Gasteiger partial charge on any atom is -0.484 e. The van der Waals surface area contributed by atoms with Crippen LogP contribution in [0.15, 0.2) is 22.7 Å². The maximum absolute atomic E-state index is 13.4. The van der Waals surface area contributed by atoms with Gasteiger partial charge in [-0.05, 0) is 26.0 Å². The van der Waals surface area contributed by atoms with Crippen LogP contribution in [0.1, 0.15) is 31.1 Å². The number of nitrogens with zero attached hydrogens (tertiary/aromatic N) is 3. The lowest BCUT2D eigenvalue weighted by molar-refractivity contribution is 0.241. The van der Waals surface area contributed by atoms with E-state index in [2.05, 4.69) is 10.1 Å². The molecule has 2 rings (SSSR count). The van der Waals surface area contributed by atoms with Crippen LogP contribution in [0.3, 0.4) is 0 Å². The van der Waals surface area contributed by atoms with Crippen LogP contribution >= 0.6 is 0 Å². The summed E-state index contributed by atoms with van der Waals surface area (Å²) in [6.07, 6.45) is 0. The molecule has 0 amide bonds. The topological polar surface area (TPSA) is 98.0 Å². The predicted molar refractivity (Wildman–Crippen MR) is 67.0 cm³/mol. The maximum Gasteiger partial charge on any atom is 0.264 e. The summed E-state index contributed by atoms with van der Waals surface area (Å²) in [5.74, 6) is 0.234. The first-order valence-electron chi connectivity index (χ1n) is 5.84. The fourth-order valence-electron chi connectivity index (χ4n) is 1.40. The Kier molecular flexibility index (Phi) is 3.68. The first kappa shape index (κ1) is 14.0. The van der Waals surface area contributed by atoms with Crippen molar-refractivity contribution in [1.82, 2.24) is 10.1 Å². The molecular formula is C13H13FN4O2. The SMILES string of the molecule is CC(C)(N)c1noc(COc2ccc(C#N)c(F)c2)n1. The van der Waals surface area contributed by atoms with Crippen molar-refractivity contribution in [3.63, 3.8) is 0 Å². The number of nitrogens with two attached hydrogens (primary N) is 1. The molecule has 0 aliphatic rings. The molecule has 0 atom stereocenters. The summed E-state index contributed by atoms with van der Waals surface area (Å²) >= 11 is 0. The normalized spacial score (nSPS) is 11.2. The van der Waals surface area contributed by atoms with Gasteiger partial charge in [-0.15, -0.1) is 0 Å². The monoisotopic (exact) mass is 276 g/mol. The number of nitriles is 1. The molecule has 6 nitrogen and oxygen atoms in total. The maximum atomic E-state index is 13.4. The summed E-state index contributed by atoms with van der Waals surface area (Å²) in [5.41, 5.74) is 5.08. The summed E-state index contributed by atoms with van der Waals surface area (Å²) in [5, 5.41) is 12.4. The summed E-state index contributed by atoms with van der Waals surface area (Å²) in [6, 6.07) is 5.69. The van der Waals surface area contributed by atoms with Gasteiger partial charge in [-0.2, -0.15) is 10.2 Å². The van der Waals surface area contributed by atoms with Crippen LogP contribution < -0.4 is 10.5 Å². The van der Waals surface area contributed by atoms with Crippen molar-refractivity contribution in [2.24, 2.45) is 5.73 Å². The van der Waals surface area contributed by atoms with Crippen molar-refractivity contribution in [3.05, 3.63) is 41.3 Å². The molecule has 1 heterocycles. The summed E-state index contributed by atoms with van der Waals surface area (Å²) < 4.78 is 23.7. The number of hydrogen-bond acceptors (Lipinski definition) is 6. The van der Waals surface area contributed by atoms with E-state index in [1.54, 1.807) is 19.9 Å². The molecule has 0 aliphatic carbocycles. The van der Waals surface area contributed by atoms with E-state index in [1.807, 2.05) is 0 Å². The highest BCUT2D eigenvalue weighted by molar-refractivity contribution is 5.36. The van der Waals surface area contributed by atoms with E-state index < -0.39 is 11.4 Å². The average Bonchev–Trinajstić information content (AvgIpc) is 2.85. The van der Waals surface area contributed by atoms with Gasteiger partial charge in [0.2, 0.25) is 0 Å². The van der Waals surface area contributed by atoms with Crippen LogP contribution in [-0.4, -0.2) is 10.1 Å². The van der Waals surface area contributed by atoms with Gasteiger partial charge >= 0.3 is 0 Å². The van der Waals surface area contributed by atoms with E-state index in [-0.39, 0.29) is 23.8 Å². The van der Waals surface area contributed by atoms with Gasteiger partial charge in [-0.25, -0.2) is 4.39 Å². The molecule has 7 heteroatoms. The minimum absolute atomic E-state index is 0.00554. The van der Waals surface area contributed by atoms with Crippen molar-refractivity contribution in [2.45, 2.75) is 26.0 Å². The third-order valence-corrected chi connectivity index (χ3v) is 2.47. The van der Waals surface area contributed by atoms with E-state index in [9.17, 15) is 4.39 Å².